The highest BCUT2D eigenvalue weighted by molar-refractivity contribution is 8.07. The third-order valence-electron chi connectivity index (χ3n) is 3.42. The van der Waals surface area contributed by atoms with Gasteiger partial charge in [0.25, 0.3) is 0 Å². The summed E-state index contributed by atoms with van der Waals surface area (Å²) in [6, 6.07) is 4.30. The fourth-order valence-electron chi connectivity index (χ4n) is 2.13. The monoisotopic (exact) mass is 320 g/mol. The molecule has 1 aliphatic heterocycles. The highest BCUT2D eigenvalue weighted by atomic mass is 35.5. The lowest BCUT2D eigenvalue weighted by atomic mass is 10.0. The molecule has 1 heterocycles. The molecule has 6 heteroatoms. The van der Waals surface area contributed by atoms with Crippen molar-refractivity contribution in [3.63, 3.8) is 0 Å². The summed E-state index contributed by atoms with van der Waals surface area (Å²) in [7, 11) is 0. The number of rotatable bonds is 3. The van der Waals surface area contributed by atoms with Crippen LogP contribution in [-0.2, 0) is 0 Å². The molecule has 4 atom stereocenters. The highest BCUT2D eigenvalue weighted by Gasteiger charge is 2.32. The first kappa shape index (κ1) is 15.4. The van der Waals surface area contributed by atoms with E-state index in [1.54, 1.807) is 6.07 Å². The average Bonchev–Trinajstić information content (AvgIpc) is 2.38. The van der Waals surface area contributed by atoms with Crippen molar-refractivity contribution >= 4 is 35.1 Å². The van der Waals surface area contributed by atoms with Crippen molar-refractivity contribution in [2.24, 2.45) is 5.84 Å². The van der Waals surface area contributed by atoms with Crippen LogP contribution >= 0.6 is 35.1 Å². The summed E-state index contributed by atoms with van der Waals surface area (Å²) >= 11 is 10.00. The standard InChI is InChI=1S/C13H18ClFN2S2/c1-7-8(2)19-12(6-18-7)13(17-16)10-5-9(15)3-4-11(10)14/h3-5,7-8,12-13,17H,6,16H2,1-2H3. The van der Waals surface area contributed by atoms with Gasteiger partial charge in [-0.1, -0.05) is 25.4 Å². The molecule has 19 heavy (non-hydrogen) atoms. The van der Waals surface area contributed by atoms with Gasteiger partial charge in [0, 0.05) is 26.5 Å². The van der Waals surface area contributed by atoms with Crippen LogP contribution in [0.15, 0.2) is 18.2 Å². The average molecular weight is 321 g/mol. The normalized spacial score (nSPS) is 29.2. The van der Waals surface area contributed by atoms with Gasteiger partial charge in [-0.15, -0.1) is 0 Å². The van der Waals surface area contributed by atoms with Gasteiger partial charge in [-0.3, -0.25) is 11.3 Å². The first-order chi connectivity index (χ1) is 9.02. The van der Waals surface area contributed by atoms with Crippen LogP contribution in [0, 0.1) is 5.82 Å². The molecule has 106 valence electrons. The molecule has 0 radical (unpaired) electrons. The van der Waals surface area contributed by atoms with Gasteiger partial charge in [0.2, 0.25) is 0 Å². The topological polar surface area (TPSA) is 38.0 Å². The van der Waals surface area contributed by atoms with Gasteiger partial charge in [-0.2, -0.15) is 23.5 Å². The minimum Gasteiger partial charge on any atom is -0.271 e. The maximum Gasteiger partial charge on any atom is 0.123 e. The van der Waals surface area contributed by atoms with Gasteiger partial charge in [-0.05, 0) is 23.8 Å². The molecule has 2 nitrogen and oxygen atoms in total. The summed E-state index contributed by atoms with van der Waals surface area (Å²) in [5, 5.41) is 2.02. The summed E-state index contributed by atoms with van der Waals surface area (Å²) in [5.74, 6) is 6.38. The van der Waals surface area contributed by atoms with E-state index in [2.05, 4.69) is 19.3 Å². The second-order valence-electron chi connectivity index (χ2n) is 4.73. The minimum absolute atomic E-state index is 0.129. The van der Waals surface area contributed by atoms with Crippen LogP contribution < -0.4 is 11.3 Å². The molecule has 3 N–H and O–H groups in total. The predicted octanol–water partition coefficient (Wildman–Crippen LogP) is 3.61. The zero-order valence-corrected chi connectivity index (χ0v) is 13.3. The highest BCUT2D eigenvalue weighted by Crippen LogP contribution is 2.42. The fraction of sp³-hybridized carbons (Fsp3) is 0.538. The van der Waals surface area contributed by atoms with E-state index in [4.69, 9.17) is 17.4 Å². The van der Waals surface area contributed by atoms with Crippen LogP contribution in [0.3, 0.4) is 0 Å². The van der Waals surface area contributed by atoms with Crippen molar-refractivity contribution in [1.29, 1.82) is 0 Å². The van der Waals surface area contributed by atoms with Crippen molar-refractivity contribution in [3.05, 3.63) is 34.6 Å². The Labute approximate surface area is 127 Å². The van der Waals surface area contributed by atoms with E-state index >= 15 is 0 Å². The first-order valence-electron chi connectivity index (χ1n) is 6.21. The Balaban J connectivity index is 2.22. The van der Waals surface area contributed by atoms with Crippen LogP contribution in [0.5, 0.6) is 0 Å². The number of hydrazine groups is 1. The maximum atomic E-state index is 13.4. The molecule has 0 spiro atoms. The van der Waals surface area contributed by atoms with Gasteiger partial charge in [0.05, 0.1) is 6.04 Å². The van der Waals surface area contributed by atoms with Crippen molar-refractivity contribution in [3.8, 4) is 0 Å². The molecule has 2 rings (SSSR count). The molecule has 0 bridgehead atoms. The van der Waals surface area contributed by atoms with E-state index < -0.39 is 0 Å². The van der Waals surface area contributed by atoms with Gasteiger partial charge in [0.15, 0.2) is 0 Å². The zero-order chi connectivity index (χ0) is 14.0. The number of hydrogen-bond acceptors (Lipinski definition) is 4. The third-order valence-corrected chi connectivity index (χ3v) is 7.26. The van der Waals surface area contributed by atoms with Crippen molar-refractivity contribution in [2.45, 2.75) is 35.6 Å². The van der Waals surface area contributed by atoms with Crippen LogP contribution in [0.4, 0.5) is 4.39 Å². The van der Waals surface area contributed by atoms with Gasteiger partial charge in [-0.25, -0.2) is 4.39 Å². The van der Waals surface area contributed by atoms with Crippen LogP contribution in [0.2, 0.25) is 5.02 Å². The van der Waals surface area contributed by atoms with E-state index in [9.17, 15) is 4.39 Å². The Kier molecular flexibility index (Phi) is 5.43. The lowest BCUT2D eigenvalue weighted by Crippen LogP contribution is -2.40. The Hall–Kier alpha value is 0.0600. The molecule has 1 fully saturated rings. The van der Waals surface area contributed by atoms with Crippen LogP contribution in [-0.4, -0.2) is 21.5 Å². The molecule has 1 saturated heterocycles. The molecule has 1 aliphatic rings. The number of benzene rings is 1. The number of hydrogen-bond donors (Lipinski definition) is 2. The summed E-state index contributed by atoms with van der Waals surface area (Å²) < 4.78 is 13.4. The lowest BCUT2D eigenvalue weighted by molar-refractivity contribution is 0.543. The van der Waals surface area contributed by atoms with Crippen LogP contribution in [0.25, 0.3) is 0 Å². The van der Waals surface area contributed by atoms with E-state index in [0.717, 1.165) is 11.3 Å². The minimum atomic E-state index is -0.283. The Morgan fingerprint density at radius 2 is 2.16 bits per heavy atom. The molecule has 1 aromatic rings. The van der Waals surface area contributed by atoms with Gasteiger partial charge < -0.3 is 0 Å². The maximum absolute atomic E-state index is 13.4. The second-order valence-corrected chi connectivity index (χ2v) is 8.17. The number of thioether (sulfide) groups is 2. The summed E-state index contributed by atoms with van der Waals surface area (Å²) in [5.41, 5.74) is 3.55. The van der Waals surface area contributed by atoms with E-state index in [0.29, 0.717) is 20.8 Å². The summed E-state index contributed by atoms with van der Waals surface area (Å²) in [6.45, 7) is 4.45. The molecule has 1 aromatic carbocycles. The van der Waals surface area contributed by atoms with Crippen molar-refractivity contribution in [2.75, 3.05) is 5.75 Å². The lowest BCUT2D eigenvalue weighted by Gasteiger charge is -2.36. The van der Waals surface area contributed by atoms with E-state index in [1.165, 1.54) is 12.1 Å². The van der Waals surface area contributed by atoms with E-state index in [1.807, 2.05) is 23.5 Å². The molecular formula is C13H18ClFN2S2. The molecule has 0 aliphatic carbocycles. The first-order valence-corrected chi connectivity index (χ1v) is 8.58. The quantitative estimate of drug-likeness (QED) is 0.659. The number of nitrogens with two attached hydrogens (primary N) is 1. The van der Waals surface area contributed by atoms with E-state index in [-0.39, 0.29) is 11.9 Å². The summed E-state index contributed by atoms with van der Waals surface area (Å²) in [4.78, 5) is 0. The SMILES string of the molecule is CC1SCC(C(NN)c2cc(F)ccc2Cl)SC1C. The van der Waals surface area contributed by atoms with Gasteiger partial charge in [0.1, 0.15) is 5.82 Å². The Bertz CT molecular complexity index is 447. The Morgan fingerprint density at radius 3 is 2.79 bits per heavy atom. The third kappa shape index (κ3) is 3.58. The van der Waals surface area contributed by atoms with Crippen molar-refractivity contribution in [1.82, 2.24) is 5.43 Å². The largest absolute Gasteiger partial charge is 0.271 e. The molecule has 4 unspecified atom stereocenters. The number of nitrogens with one attached hydrogen (secondary N) is 1. The van der Waals surface area contributed by atoms with Crippen molar-refractivity contribution < 1.29 is 4.39 Å². The Morgan fingerprint density at radius 1 is 1.42 bits per heavy atom. The fourth-order valence-corrected chi connectivity index (χ4v) is 5.46. The molecular weight excluding hydrogens is 303 g/mol. The second kappa shape index (κ2) is 6.68. The smallest absolute Gasteiger partial charge is 0.123 e. The molecule has 0 amide bonds. The predicted molar refractivity (Wildman–Crippen MR) is 84.2 cm³/mol. The summed E-state index contributed by atoms with van der Waals surface area (Å²) in [6.07, 6.45) is 0. The molecule has 0 aromatic heterocycles. The number of halogens is 2. The zero-order valence-electron chi connectivity index (χ0n) is 10.9. The molecule has 0 saturated carbocycles. The van der Waals surface area contributed by atoms with Gasteiger partial charge >= 0.3 is 0 Å². The van der Waals surface area contributed by atoms with Crippen LogP contribution in [0.1, 0.15) is 25.5 Å².